The van der Waals surface area contributed by atoms with E-state index in [1.807, 2.05) is 18.2 Å². The molecule has 7 nitrogen and oxygen atoms in total. The number of ether oxygens (including phenoxy) is 1. The maximum atomic E-state index is 12.1. The van der Waals surface area contributed by atoms with Gasteiger partial charge in [-0.2, -0.15) is 0 Å². The summed E-state index contributed by atoms with van der Waals surface area (Å²) in [5.41, 5.74) is 1.60. The van der Waals surface area contributed by atoms with Crippen molar-refractivity contribution >= 4 is 17.6 Å². The molecule has 3 rings (SSSR count). The maximum absolute atomic E-state index is 12.1. The minimum absolute atomic E-state index is 0.0581. The Labute approximate surface area is 207 Å². The summed E-state index contributed by atoms with van der Waals surface area (Å²) in [6.45, 7) is 2.13. The van der Waals surface area contributed by atoms with Gasteiger partial charge in [0.2, 0.25) is 5.91 Å². The van der Waals surface area contributed by atoms with Gasteiger partial charge in [-0.05, 0) is 55.4 Å². The number of hydrogen-bond acceptors (Lipinski definition) is 6. The molecule has 1 fully saturated rings. The van der Waals surface area contributed by atoms with Crippen molar-refractivity contribution in [3.63, 3.8) is 0 Å². The van der Waals surface area contributed by atoms with E-state index in [2.05, 4.69) is 12.2 Å². The van der Waals surface area contributed by atoms with E-state index in [4.69, 9.17) is 4.74 Å². The van der Waals surface area contributed by atoms with Gasteiger partial charge in [-0.1, -0.05) is 50.5 Å². The third kappa shape index (κ3) is 8.30. The van der Waals surface area contributed by atoms with Crippen LogP contribution in [0.4, 0.5) is 5.69 Å². The van der Waals surface area contributed by atoms with E-state index in [1.165, 1.54) is 0 Å². The second-order valence-electron chi connectivity index (χ2n) is 9.68. The van der Waals surface area contributed by atoms with Crippen LogP contribution in [0, 0.1) is 11.8 Å². The second-order valence-corrected chi connectivity index (χ2v) is 9.68. The molecule has 0 bridgehead atoms. The van der Waals surface area contributed by atoms with Gasteiger partial charge in [0.15, 0.2) is 0 Å². The van der Waals surface area contributed by atoms with Gasteiger partial charge in [-0.3, -0.25) is 9.59 Å². The van der Waals surface area contributed by atoms with Crippen LogP contribution < -0.4 is 10.1 Å². The van der Waals surface area contributed by atoms with Crippen LogP contribution in [0.25, 0.3) is 0 Å². The minimum atomic E-state index is -0.606. The van der Waals surface area contributed by atoms with Gasteiger partial charge >= 0.3 is 5.97 Å². The number of anilines is 1. The molecular weight excluding hydrogens is 446 g/mol. The van der Waals surface area contributed by atoms with Crippen LogP contribution >= 0.6 is 0 Å². The van der Waals surface area contributed by atoms with E-state index in [9.17, 15) is 24.9 Å². The number of rotatable bonds is 13. The first-order valence-corrected chi connectivity index (χ1v) is 12.9. The molecule has 0 unspecified atom stereocenters. The van der Waals surface area contributed by atoms with Gasteiger partial charge in [-0.25, -0.2) is 0 Å². The van der Waals surface area contributed by atoms with Crippen LogP contribution in [0.5, 0.6) is 5.75 Å². The van der Waals surface area contributed by atoms with Crippen LogP contribution in [0.1, 0.15) is 70.3 Å². The lowest BCUT2D eigenvalue weighted by atomic mass is 9.89. The number of nitrogens with one attached hydrogen (secondary N) is 1. The van der Waals surface area contributed by atoms with Gasteiger partial charge in [0.05, 0.1) is 24.7 Å². The quantitative estimate of drug-likeness (QED) is 0.145. The summed E-state index contributed by atoms with van der Waals surface area (Å²) in [4.78, 5) is 23.6. The zero-order valence-corrected chi connectivity index (χ0v) is 20.6. The maximum Gasteiger partial charge on any atom is 0.311 e. The van der Waals surface area contributed by atoms with Crippen LogP contribution in [0.3, 0.4) is 0 Å². The molecule has 0 saturated heterocycles. The van der Waals surface area contributed by atoms with E-state index in [1.54, 1.807) is 24.3 Å². The molecule has 1 aromatic carbocycles. The standard InChI is InChI=1S/C28H39NO6/c1-2-3-6-9-20(30)12-14-23-22(25(31)18-26(23)32)10-7-4-5-8-11-28(34)35-21-13-15-24-19(16-21)17-27(33)29-24/h4,7,12-16,20,22-23,25-26,30-32H,2-3,5-6,8-11,17-18H2,1H3,(H,29,33)/b7-4-,14-12+/t20-,22+,23+,25-,26+/m0/s1. The molecule has 192 valence electrons. The highest BCUT2D eigenvalue weighted by Gasteiger charge is 2.39. The first-order valence-electron chi connectivity index (χ1n) is 12.9. The first-order chi connectivity index (χ1) is 16.9. The van der Waals surface area contributed by atoms with Gasteiger partial charge in [0.25, 0.3) is 0 Å². The number of fused-ring (bicyclic) bond motifs is 1. The predicted molar refractivity (Wildman–Crippen MR) is 135 cm³/mol. The Balaban J connectivity index is 1.38. The number of allylic oxidation sites excluding steroid dienone is 2. The van der Waals surface area contributed by atoms with Gasteiger partial charge in [0, 0.05) is 24.4 Å². The Morgan fingerprint density at radius 2 is 2.03 bits per heavy atom. The number of hydrogen-bond donors (Lipinski definition) is 4. The van der Waals surface area contributed by atoms with Gasteiger partial charge < -0.3 is 25.4 Å². The molecule has 0 spiro atoms. The summed E-state index contributed by atoms with van der Waals surface area (Å²) in [5.74, 6) is -0.191. The lowest BCUT2D eigenvalue weighted by Gasteiger charge is -2.19. The van der Waals surface area contributed by atoms with Crippen LogP contribution in [0.15, 0.2) is 42.5 Å². The number of amides is 1. The lowest BCUT2D eigenvalue weighted by Crippen LogP contribution is -2.20. The summed E-state index contributed by atoms with van der Waals surface area (Å²) >= 11 is 0. The first kappa shape index (κ1) is 27.1. The number of unbranched alkanes of at least 4 members (excludes halogenated alkanes) is 3. The normalized spacial score (nSPS) is 24.7. The Morgan fingerprint density at radius 3 is 2.83 bits per heavy atom. The highest BCUT2D eigenvalue weighted by molar-refractivity contribution is 5.99. The lowest BCUT2D eigenvalue weighted by molar-refractivity contribution is -0.134. The van der Waals surface area contributed by atoms with E-state index >= 15 is 0 Å². The number of aliphatic hydroxyl groups excluding tert-OH is 3. The molecule has 0 radical (unpaired) electrons. The topological polar surface area (TPSA) is 116 Å². The minimum Gasteiger partial charge on any atom is -0.427 e. The van der Waals surface area contributed by atoms with Crippen molar-refractivity contribution in [1.82, 2.24) is 0 Å². The summed E-state index contributed by atoms with van der Waals surface area (Å²) < 4.78 is 5.39. The summed E-state index contributed by atoms with van der Waals surface area (Å²) in [6.07, 6.45) is 12.7. The molecule has 5 atom stereocenters. The summed E-state index contributed by atoms with van der Waals surface area (Å²) in [5, 5.41) is 33.6. The average Bonchev–Trinajstić information content (AvgIpc) is 3.31. The number of benzene rings is 1. The summed E-state index contributed by atoms with van der Waals surface area (Å²) in [7, 11) is 0. The Morgan fingerprint density at radius 1 is 1.20 bits per heavy atom. The Hall–Kier alpha value is -2.48. The number of esters is 1. The zero-order valence-electron chi connectivity index (χ0n) is 20.6. The van der Waals surface area contributed by atoms with E-state index in [0.717, 1.165) is 30.5 Å². The molecular formula is C28H39NO6. The highest BCUT2D eigenvalue weighted by atomic mass is 16.5. The molecule has 1 amide bonds. The fourth-order valence-corrected chi connectivity index (χ4v) is 4.85. The third-order valence-electron chi connectivity index (χ3n) is 6.83. The second kappa shape index (κ2) is 13.6. The molecule has 1 heterocycles. The smallest absolute Gasteiger partial charge is 0.311 e. The van der Waals surface area contributed by atoms with E-state index < -0.39 is 18.3 Å². The number of carbonyl (C=O) groups excluding carboxylic acids is 2. The third-order valence-corrected chi connectivity index (χ3v) is 6.83. The van der Waals surface area contributed by atoms with Crippen molar-refractivity contribution in [2.24, 2.45) is 11.8 Å². The van der Waals surface area contributed by atoms with Crippen molar-refractivity contribution in [1.29, 1.82) is 0 Å². The van der Waals surface area contributed by atoms with Crippen LogP contribution in [-0.2, 0) is 16.0 Å². The van der Waals surface area contributed by atoms with E-state index in [0.29, 0.717) is 44.3 Å². The summed E-state index contributed by atoms with van der Waals surface area (Å²) in [6, 6.07) is 5.15. The number of aliphatic hydroxyl groups is 3. The van der Waals surface area contributed by atoms with Crippen molar-refractivity contribution in [3.8, 4) is 5.75 Å². The van der Waals surface area contributed by atoms with E-state index in [-0.39, 0.29) is 30.1 Å². The molecule has 7 heteroatoms. The fourth-order valence-electron chi connectivity index (χ4n) is 4.85. The molecule has 1 saturated carbocycles. The highest BCUT2D eigenvalue weighted by Crippen LogP contribution is 2.36. The number of carbonyl (C=O) groups is 2. The molecule has 1 aromatic rings. The van der Waals surface area contributed by atoms with Crippen molar-refractivity contribution < 1.29 is 29.6 Å². The zero-order chi connectivity index (χ0) is 25.2. The largest absolute Gasteiger partial charge is 0.427 e. The predicted octanol–water partition coefficient (Wildman–Crippen LogP) is 4.06. The molecule has 0 aromatic heterocycles. The Bertz CT molecular complexity index is 911. The van der Waals surface area contributed by atoms with Gasteiger partial charge in [-0.15, -0.1) is 0 Å². The van der Waals surface area contributed by atoms with Crippen LogP contribution in [-0.4, -0.2) is 45.5 Å². The average molecular weight is 486 g/mol. The van der Waals surface area contributed by atoms with Crippen molar-refractivity contribution in [3.05, 3.63) is 48.1 Å². The Kier molecular flexibility index (Phi) is 10.5. The monoisotopic (exact) mass is 485 g/mol. The SMILES string of the molecule is CCCCC[C@H](O)/C=C/[C@@H]1[C@@H](C/C=C\CCCC(=O)Oc2ccc3c(c2)CC(=O)N3)[C@@H](O)C[C@H]1O. The van der Waals surface area contributed by atoms with Crippen molar-refractivity contribution in [2.45, 2.75) is 89.4 Å². The molecule has 2 aliphatic rings. The molecule has 1 aliphatic carbocycles. The molecule has 35 heavy (non-hydrogen) atoms. The fraction of sp³-hybridized carbons (Fsp3) is 0.571. The van der Waals surface area contributed by atoms with Gasteiger partial charge in [0.1, 0.15) is 5.75 Å². The van der Waals surface area contributed by atoms with Crippen LogP contribution in [0.2, 0.25) is 0 Å². The molecule has 4 N–H and O–H groups in total. The van der Waals surface area contributed by atoms with Crippen molar-refractivity contribution in [2.75, 3.05) is 5.32 Å². The molecule has 1 aliphatic heterocycles.